The third-order valence-corrected chi connectivity index (χ3v) is 3.91. The zero-order chi connectivity index (χ0) is 22.9. The highest BCUT2D eigenvalue weighted by Crippen LogP contribution is 2.14. The van der Waals surface area contributed by atoms with Gasteiger partial charge in [-0.05, 0) is 49.5 Å². The number of nitrogens with zero attached hydrogens (tertiary/aromatic N) is 1. The Bertz CT molecular complexity index is 910. The highest BCUT2D eigenvalue weighted by molar-refractivity contribution is 6.60. The second-order valence-corrected chi connectivity index (χ2v) is 7.80. The number of hydrogen-bond donors (Lipinski definition) is 3. The molecule has 2 aromatic carbocycles. The minimum Gasteiger partial charge on any atom is -0.489 e. The second kappa shape index (κ2) is 11.3. The molecule has 31 heavy (non-hydrogen) atoms. The minimum atomic E-state index is -1.70. The molecule has 0 aliphatic heterocycles. The monoisotopic (exact) mass is 426 g/mol. The average molecular weight is 426 g/mol. The summed E-state index contributed by atoms with van der Waals surface area (Å²) in [7, 11) is -1.70. The van der Waals surface area contributed by atoms with Gasteiger partial charge < -0.3 is 24.8 Å². The number of ether oxygens (including phenoxy) is 2. The zero-order valence-electron chi connectivity index (χ0n) is 17.9. The maximum atomic E-state index is 11.9. The zero-order valence-corrected chi connectivity index (χ0v) is 17.9. The molecule has 9 heteroatoms. The summed E-state index contributed by atoms with van der Waals surface area (Å²) < 4.78 is 10.8. The van der Waals surface area contributed by atoms with Crippen molar-refractivity contribution in [3.8, 4) is 5.75 Å². The largest absolute Gasteiger partial charge is 0.489 e. The Morgan fingerprint density at radius 3 is 2.48 bits per heavy atom. The van der Waals surface area contributed by atoms with E-state index in [-0.39, 0.29) is 24.3 Å². The summed E-state index contributed by atoms with van der Waals surface area (Å²) in [6, 6.07) is 14.4. The van der Waals surface area contributed by atoms with Crippen molar-refractivity contribution in [2.24, 2.45) is 4.99 Å². The molecule has 2 aromatic rings. The first kappa shape index (κ1) is 24.1. The number of carbonyl (C=O) groups excluding carboxylic acids is 2. The lowest BCUT2D eigenvalue weighted by Crippen LogP contribution is -2.36. The fraction of sp³-hybridized carbons (Fsp3) is 0.318. The van der Waals surface area contributed by atoms with Crippen molar-refractivity contribution in [1.29, 1.82) is 0 Å². The molecule has 164 valence electrons. The molecule has 0 fully saturated rings. The Hall–Kier alpha value is -3.17. The summed E-state index contributed by atoms with van der Waals surface area (Å²) in [5, 5.41) is 21.5. The van der Waals surface area contributed by atoms with E-state index in [0.29, 0.717) is 17.9 Å². The first-order valence-corrected chi connectivity index (χ1v) is 9.79. The predicted octanol–water partition coefficient (Wildman–Crippen LogP) is 1.46. The third kappa shape index (κ3) is 9.02. The molecule has 2 rings (SSSR count). The number of hydrogen-bond acceptors (Lipinski definition) is 7. The molecule has 3 N–H and O–H groups in total. The van der Waals surface area contributed by atoms with Crippen LogP contribution in [-0.2, 0) is 16.1 Å². The van der Waals surface area contributed by atoms with Crippen LogP contribution < -0.4 is 15.5 Å². The van der Waals surface area contributed by atoms with Crippen LogP contribution in [0.15, 0.2) is 53.5 Å². The van der Waals surface area contributed by atoms with E-state index in [4.69, 9.17) is 9.47 Å². The highest BCUT2D eigenvalue weighted by atomic mass is 16.6. The molecule has 0 unspecified atom stereocenters. The number of rotatable bonds is 9. The molecule has 0 aliphatic rings. The van der Waals surface area contributed by atoms with Crippen LogP contribution in [0.25, 0.3) is 0 Å². The Morgan fingerprint density at radius 1 is 1.13 bits per heavy atom. The first-order chi connectivity index (χ1) is 14.6. The van der Waals surface area contributed by atoms with Crippen molar-refractivity contribution in [2.45, 2.75) is 33.0 Å². The van der Waals surface area contributed by atoms with Crippen LogP contribution in [0.3, 0.4) is 0 Å². The molecule has 0 bridgehead atoms. The number of nitrogens with one attached hydrogen (secondary N) is 1. The molecule has 0 saturated carbocycles. The normalized spacial score (nSPS) is 11.3. The Kier molecular flexibility index (Phi) is 8.78. The van der Waals surface area contributed by atoms with Crippen LogP contribution in [0.2, 0.25) is 0 Å². The molecule has 0 aliphatic carbocycles. The van der Waals surface area contributed by atoms with Crippen molar-refractivity contribution in [3.05, 3.63) is 59.7 Å². The van der Waals surface area contributed by atoms with E-state index >= 15 is 0 Å². The van der Waals surface area contributed by atoms with Gasteiger partial charge in [-0.3, -0.25) is 9.79 Å². The smallest absolute Gasteiger partial charge is 0.489 e. The van der Waals surface area contributed by atoms with E-state index in [2.05, 4.69) is 10.3 Å². The SMILES string of the molecule is CC(C)(C)OC(=O)NCC(=O)CN=Cc1cc(OCc2ccccc2)ccc1B(O)O. The molecule has 0 radical (unpaired) electrons. The topological polar surface area (TPSA) is 117 Å². The van der Waals surface area contributed by atoms with Crippen LogP contribution in [0, 0.1) is 0 Å². The third-order valence-electron chi connectivity index (χ3n) is 3.91. The summed E-state index contributed by atoms with van der Waals surface area (Å²) in [6.45, 7) is 5.12. The van der Waals surface area contributed by atoms with Crippen molar-refractivity contribution in [3.63, 3.8) is 0 Å². The lowest BCUT2D eigenvalue weighted by Gasteiger charge is -2.19. The fourth-order valence-electron chi connectivity index (χ4n) is 2.52. The maximum Gasteiger partial charge on any atom is 0.489 e. The van der Waals surface area contributed by atoms with Crippen LogP contribution in [0.1, 0.15) is 31.9 Å². The van der Waals surface area contributed by atoms with Gasteiger partial charge in [0.2, 0.25) is 0 Å². The Morgan fingerprint density at radius 2 is 1.84 bits per heavy atom. The lowest BCUT2D eigenvalue weighted by atomic mass is 9.77. The van der Waals surface area contributed by atoms with Crippen LogP contribution >= 0.6 is 0 Å². The molecule has 0 heterocycles. The fourth-order valence-corrected chi connectivity index (χ4v) is 2.52. The van der Waals surface area contributed by atoms with Gasteiger partial charge in [-0.2, -0.15) is 0 Å². The van der Waals surface area contributed by atoms with E-state index in [1.807, 2.05) is 30.3 Å². The summed E-state index contributed by atoms with van der Waals surface area (Å²) in [6.07, 6.45) is 0.689. The first-order valence-electron chi connectivity index (χ1n) is 9.79. The summed E-state index contributed by atoms with van der Waals surface area (Å²) in [5.41, 5.74) is 0.983. The van der Waals surface area contributed by atoms with Crippen LogP contribution in [0.4, 0.5) is 4.79 Å². The van der Waals surface area contributed by atoms with Gasteiger partial charge in [-0.1, -0.05) is 36.4 Å². The van der Waals surface area contributed by atoms with Gasteiger partial charge in [0, 0.05) is 6.21 Å². The van der Waals surface area contributed by atoms with E-state index in [1.54, 1.807) is 32.9 Å². The van der Waals surface area contributed by atoms with Crippen LogP contribution in [0.5, 0.6) is 5.75 Å². The van der Waals surface area contributed by atoms with E-state index in [9.17, 15) is 19.6 Å². The van der Waals surface area contributed by atoms with Crippen molar-refractivity contribution in [1.82, 2.24) is 5.32 Å². The van der Waals surface area contributed by atoms with Crippen molar-refractivity contribution < 1.29 is 29.1 Å². The number of carbonyl (C=O) groups is 2. The van der Waals surface area contributed by atoms with Crippen LogP contribution in [-0.4, -0.2) is 53.9 Å². The minimum absolute atomic E-state index is 0.189. The number of ketones is 1. The Balaban J connectivity index is 1.95. The Labute approximate surface area is 182 Å². The van der Waals surface area contributed by atoms with E-state index < -0.39 is 18.8 Å². The summed E-state index contributed by atoms with van der Waals surface area (Å²) >= 11 is 0. The van der Waals surface area contributed by atoms with E-state index in [1.165, 1.54) is 12.3 Å². The molecule has 1 amide bonds. The summed E-state index contributed by atoms with van der Waals surface area (Å²) in [4.78, 5) is 27.6. The molecule has 0 aromatic heterocycles. The molecular weight excluding hydrogens is 399 g/mol. The predicted molar refractivity (Wildman–Crippen MR) is 119 cm³/mol. The molecule has 8 nitrogen and oxygen atoms in total. The van der Waals surface area contributed by atoms with E-state index in [0.717, 1.165) is 5.56 Å². The quantitative estimate of drug-likeness (QED) is 0.413. The lowest BCUT2D eigenvalue weighted by molar-refractivity contribution is -0.116. The van der Waals surface area contributed by atoms with Gasteiger partial charge >= 0.3 is 13.2 Å². The van der Waals surface area contributed by atoms with Gasteiger partial charge in [0.15, 0.2) is 5.78 Å². The van der Waals surface area contributed by atoms with Gasteiger partial charge in [-0.25, -0.2) is 4.79 Å². The number of benzene rings is 2. The molecular formula is C22H27BN2O6. The number of aliphatic imine (C=N–C) groups is 1. The summed E-state index contributed by atoms with van der Waals surface area (Å²) in [5.74, 6) is 0.192. The van der Waals surface area contributed by atoms with Crippen molar-refractivity contribution in [2.75, 3.05) is 13.1 Å². The van der Waals surface area contributed by atoms with Gasteiger partial charge in [-0.15, -0.1) is 0 Å². The van der Waals surface area contributed by atoms with Gasteiger partial charge in [0.05, 0.1) is 13.1 Å². The molecule has 0 saturated heterocycles. The van der Waals surface area contributed by atoms with Gasteiger partial charge in [0.1, 0.15) is 18.0 Å². The maximum absolute atomic E-state index is 11.9. The molecule has 0 atom stereocenters. The van der Waals surface area contributed by atoms with Crippen molar-refractivity contribution >= 4 is 30.7 Å². The average Bonchev–Trinajstić information content (AvgIpc) is 2.70. The second-order valence-electron chi connectivity index (χ2n) is 7.80. The number of alkyl carbamates (subject to hydrolysis) is 1. The number of amides is 1. The molecule has 0 spiro atoms. The standard InChI is InChI=1S/C22H27BN2O6/c1-22(2,3)31-21(27)25-14-18(26)13-24-12-17-11-19(9-10-20(17)23(28)29)30-15-16-7-5-4-6-8-16/h4-12,28-29H,13-15H2,1-3H3,(H,25,27). The highest BCUT2D eigenvalue weighted by Gasteiger charge is 2.17. The van der Waals surface area contributed by atoms with Gasteiger partial charge in [0.25, 0.3) is 0 Å². The number of Topliss-reactive ketones (excluding diaryl/α,β-unsaturated/α-hetero) is 1.